The molecule has 0 aliphatic rings. The predicted molar refractivity (Wildman–Crippen MR) is 85.9 cm³/mol. The molecule has 2 heteroatoms. The molecule has 0 unspecified atom stereocenters. The summed E-state index contributed by atoms with van der Waals surface area (Å²) in [4.78, 5) is 0. The Hall–Kier alpha value is -1.44. The van der Waals surface area contributed by atoms with E-state index in [1.807, 2.05) is 6.07 Å². The summed E-state index contributed by atoms with van der Waals surface area (Å²) in [6, 6.07) is 6.11. The van der Waals surface area contributed by atoms with Crippen LogP contribution >= 0.6 is 0 Å². The fourth-order valence-electron chi connectivity index (χ4n) is 2.17. The fourth-order valence-corrected chi connectivity index (χ4v) is 2.17. The van der Waals surface area contributed by atoms with Crippen LogP contribution in [-0.2, 0) is 5.41 Å². The van der Waals surface area contributed by atoms with Crippen LogP contribution in [0, 0.1) is 0 Å². The average molecular weight is 276 g/mol. The van der Waals surface area contributed by atoms with Crippen molar-refractivity contribution >= 4 is 0 Å². The largest absolute Gasteiger partial charge is 0.497 e. The Morgan fingerprint density at radius 2 is 1.65 bits per heavy atom. The summed E-state index contributed by atoms with van der Waals surface area (Å²) in [5, 5.41) is 0. The standard InChI is InChI=1S/C18H28O2/c1-7-8-9-10-14(2)18(3,4)15-11-16(19-5)13-17(12-15)20-6/h10-13H,7-9H2,1-6H3. The first kappa shape index (κ1) is 16.6. The molecule has 0 atom stereocenters. The number of unbranched alkanes of at least 4 members (excludes halogenated alkanes) is 2. The van der Waals surface area contributed by atoms with Crippen molar-refractivity contribution in [1.29, 1.82) is 0 Å². The van der Waals surface area contributed by atoms with Gasteiger partial charge >= 0.3 is 0 Å². The zero-order valence-corrected chi connectivity index (χ0v) is 13.7. The number of hydrogen-bond donors (Lipinski definition) is 0. The molecule has 0 amide bonds. The molecule has 2 nitrogen and oxygen atoms in total. The summed E-state index contributed by atoms with van der Waals surface area (Å²) >= 11 is 0. The maximum Gasteiger partial charge on any atom is 0.122 e. The topological polar surface area (TPSA) is 18.5 Å². The number of allylic oxidation sites excluding steroid dienone is 2. The van der Waals surface area contributed by atoms with Gasteiger partial charge in [-0.3, -0.25) is 0 Å². The molecule has 0 N–H and O–H groups in total. The van der Waals surface area contributed by atoms with Gasteiger partial charge in [0.1, 0.15) is 11.5 Å². The lowest BCUT2D eigenvalue weighted by molar-refractivity contribution is 0.391. The van der Waals surface area contributed by atoms with Crippen LogP contribution in [0.4, 0.5) is 0 Å². The first-order valence-corrected chi connectivity index (χ1v) is 7.36. The number of rotatable bonds is 7. The van der Waals surface area contributed by atoms with Crippen molar-refractivity contribution in [3.8, 4) is 11.5 Å². The summed E-state index contributed by atoms with van der Waals surface area (Å²) in [6.07, 6.45) is 5.98. The smallest absolute Gasteiger partial charge is 0.122 e. The third-order valence-corrected chi connectivity index (χ3v) is 4.07. The maximum atomic E-state index is 5.37. The minimum Gasteiger partial charge on any atom is -0.497 e. The van der Waals surface area contributed by atoms with Crippen LogP contribution in [0.5, 0.6) is 11.5 Å². The first-order valence-electron chi connectivity index (χ1n) is 7.36. The molecule has 20 heavy (non-hydrogen) atoms. The molecule has 1 aromatic carbocycles. The van der Waals surface area contributed by atoms with Crippen LogP contribution in [0.15, 0.2) is 29.8 Å². The minimum absolute atomic E-state index is 0.0183. The Bertz CT molecular complexity index is 436. The van der Waals surface area contributed by atoms with Gasteiger partial charge in [-0.25, -0.2) is 0 Å². The lowest BCUT2D eigenvalue weighted by Crippen LogP contribution is -2.19. The Labute approximate surface area is 123 Å². The van der Waals surface area contributed by atoms with Crippen molar-refractivity contribution in [2.24, 2.45) is 0 Å². The van der Waals surface area contributed by atoms with Gasteiger partial charge in [0.2, 0.25) is 0 Å². The first-order chi connectivity index (χ1) is 9.45. The highest BCUT2D eigenvalue weighted by molar-refractivity contribution is 5.44. The third-order valence-electron chi connectivity index (χ3n) is 4.07. The lowest BCUT2D eigenvalue weighted by atomic mass is 9.77. The molecule has 0 fully saturated rings. The SMILES string of the molecule is CCCCC=C(C)C(C)(C)c1cc(OC)cc(OC)c1. The van der Waals surface area contributed by atoms with E-state index in [4.69, 9.17) is 9.47 Å². The van der Waals surface area contributed by atoms with Crippen LogP contribution < -0.4 is 9.47 Å². The van der Waals surface area contributed by atoms with E-state index in [0.717, 1.165) is 17.9 Å². The number of hydrogen-bond acceptors (Lipinski definition) is 2. The molecule has 0 aromatic heterocycles. The maximum absolute atomic E-state index is 5.37. The van der Waals surface area contributed by atoms with Gasteiger partial charge in [0.05, 0.1) is 14.2 Å². The van der Waals surface area contributed by atoms with Crippen LogP contribution in [0.3, 0.4) is 0 Å². The Morgan fingerprint density at radius 3 is 2.10 bits per heavy atom. The van der Waals surface area contributed by atoms with Crippen molar-refractivity contribution in [2.45, 2.75) is 52.4 Å². The molecule has 0 radical (unpaired) electrons. The molecule has 0 heterocycles. The molecule has 0 bridgehead atoms. The summed E-state index contributed by atoms with van der Waals surface area (Å²) in [5.41, 5.74) is 2.59. The molecule has 1 rings (SSSR count). The van der Waals surface area contributed by atoms with Gasteiger partial charge in [-0.05, 0) is 31.0 Å². The van der Waals surface area contributed by atoms with E-state index in [2.05, 4.69) is 45.9 Å². The fraction of sp³-hybridized carbons (Fsp3) is 0.556. The average Bonchev–Trinajstić information content (AvgIpc) is 2.46. The highest BCUT2D eigenvalue weighted by atomic mass is 16.5. The van der Waals surface area contributed by atoms with Gasteiger partial charge in [0, 0.05) is 11.5 Å². The number of methoxy groups -OCH3 is 2. The summed E-state index contributed by atoms with van der Waals surface area (Å²) in [6.45, 7) is 8.93. The van der Waals surface area contributed by atoms with Crippen molar-refractivity contribution < 1.29 is 9.47 Å². The summed E-state index contributed by atoms with van der Waals surface area (Å²) in [7, 11) is 3.38. The number of ether oxygens (including phenoxy) is 2. The van der Waals surface area contributed by atoms with Gasteiger partial charge in [0.25, 0.3) is 0 Å². The second-order valence-electron chi connectivity index (χ2n) is 5.76. The predicted octanol–water partition coefficient (Wildman–Crippen LogP) is 5.12. The third kappa shape index (κ3) is 4.03. The van der Waals surface area contributed by atoms with Crippen molar-refractivity contribution in [2.75, 3.05) is 14.2 Å². The Balaban J connectivity index is 3.10. The van der Waals surface area contributed by atoms with Crippen molar-refractivity contribution in [3.05, 3.63) is 35.4 Å². The number of benzene rings is 1. The van der Waals surface area contributed by atoms with Crippen molar-refractivity contribution in [3.63, 3.8) is 0 Å². The molecular formula is C18H28O2. The molecule has 0 spiro atoms. The summed E-state index contributed by atoms with van der Waals surface area (Å²) in [5.74, 6) is 1.68. The zero-order valence-electron chi connectivity index (χ0n) is 13.7. The molecule has 0 saturated carbocycles. The van der Waals surface area contributed by atoms with E-state index in [0.29, 0.717) is 0 Å². The van der Waals surface area contributed by atoms with Crippen LogP contribution in [0.1, 0.15) is 52.5 Å². The molecule has 0 aliphatic carbocycles. The van der Waals surface area contributed by atoms with E-state index in [9.17, 15) is 0 Å². The second kappa shape index (κ2) is 7.37. The van der Waals surface area contributed by atoms with Gasteiger partial charge in [-0.1, -0.05) is 45.3 Å². The second-order valence-corrected chi connectivity index (χ2v) is 5.76. The van der Waals surface area contributed by atoms with Gasteiger partial charge in [0.15, 0.2) is 0 Å². The quantitative estimate of drug-likeness (QED) is 0.508. The molecule has 1 aromatic rings. The highest BCUT2D eigenvalue weighted by Gasteiger charge is 2.24. The molecule has 0 saturated heterocycles. The monoisotopic (exact) mass is 276 g/mol. The van der Waals surface area contributed by atoms with E-state index in [1.165, 1.54) is 24.0 Å². The normalized spacial score (nSPS) is 12.4. The molecular weight excluding hydrogens is 248 g/mol. The van der Waals surface area contributed by atoms with E-state index in [1.54, 1.807) is 14.2 Å². The lowest BCUT2D eigenvalue weighted by Gasteiger charge is -2.28. The van der Waals surface area contributed by atoms with Gasteiger partial charge < -0.3 is 9.47 Å². The van der Waals surface area contributed by atoms with Crippen LogP contribution in [-0.4, -0.2) is 14.2 Å². The van der Waals surface area contributed by atoms with Crippen molar-refractivity contribution in [1.82, 2.24) is 0 Å². The molecule has 112 valence electrons. The van der Waals surface area contributed by atoms with E-state index >= 15 is 0 Å². The Morgan fingerprint density at radius 1 is 1.10 bits per heavy atom. The summed E-state index contributed by atoms with van der Waals surface area (Å²) < 4.78 is 10.7. The van der Waals surface area contributed by atoms with Crippen LogP contribution in [0.25, 0.3) is 0 Å². The van der Waals surface area contributed by atoms with Gasteiger partial charge in [-0.15, -0.1) is 0 Å². The highest BCUT2D eigenvalue weighted by Crippen LogP contribution is 2.36. The Kier molecular flexibility index (Phi) is 6.12. The minimum atomic E-state index is -0.0183. The van der Waals surface area contributed by atoms with Gasteiger partial charge in [-0.2, -0.15) is 0 Å². The zero-order chi connectivity index (χ0) is 15.2. The van der Waals surface area contributed by atoms with E-state index < -0.39 is 0 Å². The van der Waals surface area contributed by atoms with E-state index in [-0.39, 0.29) is 5.41 Å². The molecule has 0 aliphatic heterocycles. The van der Waals surface area contributed by atoms with Crippen LogP contribution in [0.2, 0.25) is 0 Å².